The highest BCUT2D eigenvalue weighted by Crippen LogP contribution is 2.24. The van der Waals surface area contributed by atoms with Crippen LogP contribution in [0.2, 0.25) is 5.02 Å². The monoisotopic (exact) mass is 247 g/mol. The van der Waals surface area contributed by atoms with Crippen LogP contribution < -0.4 is 0 Å². The van der Waals surface area contributed by atoms with Crippen LogP contribution in [0.1, 0.15) is 22.9 Å². The molecular formula is C14H14ClNO. The van der Waals surface area contributed by atoms with Crippen LogP contribution in [0.3, 0.4) is 0 Å². The van der Waals surface area contributed by atoms with Crippen molar-refractivity contribution in [1.82, 2.24) is 4.98 Å². The second kappa shape index (κ2) is 5.30. The molecule has 0 bridgehead atoms. The van der Waals surface area contributed by atoms with Crippen molar-refractivity contribution in [2.75, 3.05) is 0 Å². The Balaban J connectivity index is 2.14. The normalized spacial score (nSPS) is 12.4. The summed E-state index contributed by atoms with van der Waals surface area (Å²) in [5, 5.41) is 10.7. The first kappa shape index (κ1) is 12.1. The lowest BCUT2D eigenvalue weighted by Gasteiger charge is -2.12. The first-order valence-corrected chi connectivity index (χ1v) is 5.88. The van der Waals surface area contributed by atoms with Gasteiger partial charge in [-0.2, -0.15) is 0 Å². The third-order valence-corrected chi connectivity index (χ3v) is 2.98. The smallest absolute Gasteiger partial charge is 0.0859 e. The summed E-state index contributed by atoms with van der Waals surface area (Å²) >= 11 is 6.03. The van der Waals surface area contributed by atoms with Gasteiger partial charge in [0.1, 0.15) is 0 Å². The molecule has 1 atom stereocenters. The molecule has 0 saturated carbocycles. The van der Waals surface area contributed by atoms with Crippen LogP contribution in [-0.4, -0.2) is 10.1 Å². The number of hydrogen-bond donors (Lipinski definition) is 1. The summed E-state index contributed by atoms with van der Waals surface area (Å²) < 4.78 is 0. The standard InChI is InChI=1S/C14H14ClNO/c1-10-6-7-11(16-9-10)8-14(17)12-4-2-3-5-13(12)15/h2-7,9,14,17H,8H2,1H3. The Morgan fingerprint density at radius 1 is 1.24 bits per heavy atom. The van der Waals surface area contributed by atoms with Gasteiger partial charge in [0.05, 0.1) is 6.10 Å². The Bertz CT molecular complexity index is 496. The van der Waals surface area contributed by atoms with E-state index >= 15 is 0 Å². The van der Waals surface area contributed by atoms with Crippen molar-refractivity contribution in [2.45, 2.75) is 19.4 Å². The fourth-order valence-electron chi connectivity index (χ4n) is 1.67. The second-order valence-electron chi connectivity index (χ2n) is 4.07. The number of nitrogens with zero attached hydrogens (tertiary/aromatic N) is 1. The molecule has 1 aromatic heterocycles. The molecule has 88 valence electrons. The predicted octanol–water partition coefficient (Wildman–Crippen LogP) is 3.32. The van der Waals surface area contributed by atoms with E-state index in [-0.39, 0.29) is 0 Å². The van der Waals surface area contributed by atoms with Crippen LogP contribution in [0.15, 0.2) is 42.6 Å². The maximum Gasteiger partial charge on any atom is 0.0859 e. The van der Waals surface area contributed by atoms with Crippen molar-refractivity contribution < 1.29 is 5.11 Å². The molecule has 0 aliphatic carbocycles. The number of rotatable bonds is 3. The number of aliphatic hydroxyl groups excluding tert-OH is 1. The van der Waals surface area contributed by atoms with E-state index in [0.29, 0.717) is 11.4 Å². The van der Waals surface area contributed by atoms with Gasteiger partial charge in [0.2, 0.25) is 0 Å². The fourth-order valence-corrected chi connectivity index (χ4v) is 1.93. The molecule has 1 unspecified atom stereocenters. The average molecular weight is 248 g/mol. The summed E-state index contributed by atoms with van der Waals surface area (Å²) in [6.07, 6.45) is 1.66. The quantitative estimate of drug-likeness (QED) is 0.903. The Kier molecular flexibility index (Phi) is 3.77. The van der Waals surface area contributed by atoms with Crippen LogP contribution in [0, 0.1) is 6.92 Å². The minimum absolute atomic E-state index is 0.476. The van der Waals surface area contributed by atoms with Crippen LogP contribution in [-0.2, 0) is 6.42 Å². The van der Waals surface area contributed by atoms with Gasteiger partial charge in [-0.05, 0) is 30.2 Å². The zero-order chi connectivity index (χ0) is 12.3. The molecule has 3 heteroatoms. The van der Waals surface area contributed by atoms with Gasteiger partial charge >= 0.3 is 0 Å². The van der Waals surface area contributed by atoms with Crippen molar-refractivity contribution in [1.29, 1.82) is 0 Å². The summed E-state index contributed by atoms with van der Waals surface area (Å²) in [7, 11) is 0. The third kappa shape index (κ3) is 3.05. The van der Waals surface area contributed by atoms with E-state index in [9.17, 15) is 5.11 Å². The van der Waals surface area contributed by atoms with Crippen LogP contribution in [0.5, 0.6) is 0 Å². The highest BCUT2D eigenvalue weighted by atomic mass is 35.5. The summed E-state index contributed by atoms with van der Waals surface area (Å²) in [5.41, 5.74) is 2.72. The Labute approximate surface area is 106 Å². The molecule has 0 radical (unpaired) electrons. The maximum atomic E-state index is 10.1. The molecule has 1 N–H and O–H groups in total. The van der Waals surface area contributed by atoms with Gasteiger partial charge < -0.3 is 5.11 Å². The average Bonchev–Trinajstić information content (AvgIpc) is 2.32. The number of aromatic nitrogens is 1. The van der Waals surface area contributed by atoms with Gasteiger partial charge in [-0.1, -0.05) is 35.9 Å². The Hall–Kier alpha value is -1.38. The summed E-state index contributed by atoms with van der Waals surface area (Å²) in [5.74, 6) is 0. The first-order valence-electron chi connectivity index (χ1n) is 5.51. The van der Waals surface area contributed by atoms with Crippen molar-refractivity contribution in [3.63, 3.8) is 0 Å². The maximum absolute atomic E-state index is 10.1. The second-order valence-corrected chi connectivity index (χ2v) is 4.48. The number of halogens is 1. The molecule has 0 aliphatic heterocycles. The van der Waals surface area contributed by atoms with Crippen molar-refractivity contribution in [3.05, 3.63) is 64.4 Å². The molecule has 17 heavy (non-hydrogen) atoms. The molecule has 1 aromatic carbocycles. The highest BCUT2D eigenvalue weighted by molar-refractivity contribution is 6.31. The Morgan fingerprint density at radius 2 is 2.00 bits per heavy atom. The summed E-state index contributed by atoms with van der Waals surface area (Å²) in [4.78, 5) is 4.27. The van der Waals surface area contributed by atoms with Gasteiger partial charge in [-0.15, -0.1) is 0 Å². The van der Waals surface area contributed by atoms with E-state index in [1.807, 2.05) is 37.3 Å². The first-order chi connectivity index (χ1) is 8.16. The molecule has 1 heterocycles. The Morgan fingerprint density at radius 3 is 2.65 bits per heavy atom. The molecule has 2 rings (SSSR count). The topological polar surface area (TPSA) is 33.1 Å². The number of hydrogen-bond acceptors (Lipinski definition) is 2. The van der Waals surface area contributed by atoms with Crippen LogP contribution >= 0.6 is 11.6 Å². The number of pyridine rings is 1. The van der Waals surface area contributed by atoms with E-state index < -0.39 is 6.10 Å². The van der Waals surface area contributed by atoms with Gasteiger partial charge in [-0.3, -0.25) is 4.98 Å². The predicted molar refractivity (Wildman–Crippen MR) is 69.1 cm³/mol. The molecular weight excluding hydrogens is 234 g/mol. The zero-order valence-electron chi connectivity index (χ0n) is 9.60. The summed E-state index contributed by atoms with van der Waals surface area (Å²) in [6, 6.07) is 11.2. The van der Waals surface area contributed by atoms with Gasteiger partial charge in [0.15, 0.2) is 0 Å². The van der Waals surface area contributed by atoms with Crippen molar-refractivity contribution in [3.8, 4) is 0 Å². The van der Waals surface area contributed by atoms with E-state index in [0.717, 1.165) is 16.8 Å². The number of aryl methyl sites for hydroxylation is 1. The molecule has 2 nitrogen and oxygen atoms in total. The fraction of sp³-hybridized carbons (Fsp3) is 0.214. The van der Waals surface area contributed by atoms with Crippen LogP contribution in [0.4, 0.5) is 0 Å². The number of aliphatic hydroxyl groups is 1. The van der Waals surface area contributed by atoms with Crippen molar-refractivity contribution in [2.24, 2.45) is 0 Å². The lowest BCUT2D eigenvalue weighted by atomic mass is 10.0. The lowest BCUT2D eigenvalue weighted by molar-refractivity contribution is 0.177. The lowest BCUT2D eigenvalue weighted by Crippen LogP contribution is -2.04. The minimum Gasteiger partial charge on any atom is -0.388 e. The minimum atomic E-state index is -0.612. The largest absolute Gasteiger partial charge is 0.388 e. The van der Waals surface area contributed by atoms with E-state index in [4.69, 9.17) is 11.6 Å². The van der Waals surface area contributed by atoms with Gasteiger partial charge in [-0.25, -0.2) is 0 Å². The van der Waals surface area contributed by atoms with Crippen LogP contribution in [0.25, 0.3) is 0 Å². The number of benzene rings is 1. The molecule has 0 spiro atoms. The molecule has 0 aliphatic rings. The molecule has 2 aromatic rings. The van der Waals surface area contributed by atoms with Gasteiger partial charge in [0, 0.05) is 23.3 Å². The molecule has 0 fully saturated rings. The summed E-state index contributed by atoms with van der Waals surface area (Å²) in [6.45, 7) is 1.99. The molecule has 0 amide bonds. The van der Waals surface area contributed by atoms with Gasteiger partial charge in [0.25, 0.3) is 0 Å². The zero-order valence-corrected chi connectivity index (χ0v) is 10.4. The molecule has 0 saturated heterocycles. The van der Waals surface area contributed by atoms with E-state index in [2.05, 4.69) is 4.98 Å². The van der Waals surface area contributed by atoms with E-state index in [1.54, 1.807) is 12.3 Å². The van der Waals surface area contributed by atoms with Crippen molar-refractivity contribution >= 4 is 11.6 Å². The SMILES string of the molecule is Cc1ccc(CC(O)c2ccccc2Cl)nc1. The third-order valence-electron chi connectivity index (χ3n) is 2.64. The highest BCUT2D eigenvalue weighted by Gasteiger charge is 2.12. The van der Waals surface area contributed by atoms with E-state index in [1.165, 1.54) is 0 Å².